The van der Waals surface area contributed by atoms with E-state index in [1.807, 2.05) is 0 Å². The Morgan fingerprint density at radius 2 is 1.83 bits per heavy atom. The average molecular weight is 108 g/mol. The molecule has 0 spiro atoms. The van der Waals surface area contributed by atoms with Crippen LogP contribution in [0.15, 0.2) is 0 Å². The van der Waals surface area contributed by atoms with Gasteiger partial charge in [0.25, 0.3) is 8.18 Å². The molecule has 0 amide bonds. The maximum Gasteiger partial charge on any atom is 0.294 e. The molecule has 0 heterocycles. The van der Waals surface area contributed by atoms with Crippen LogP contribution in [0.4, 0.5) is 0 Å². The highest BCUT2D eigenvalue weighted by Gasteiger charge is 1.91. The third kappa shape index (κ3) is 2.27. The quantitative estimate of drug-likeness (QED) is 0.487. The highest BCUT2D eigenvalue weighted by atomic mass is 31.1. The van der Waals surface area contributed by atoms with Crippen molar-refractivity contribution in [2.75, 3.05) is 14.1 Å². The molecule has 0 aromatic heterocycles. The van der Waals surface area contributed by atoms with E-state index in [0.29, 0.717) is 0 Å². The molecule has 0 rings (SSSR count). The first-order chi connectivity index (χ1) is 2.64. The maximum absolute atomic E-state index is 9.77. The molecule has 0 aliphatic rings. The van der Waals surface area contributed by atoms with Crippen molar-refractivity contribution in [3.63, 3.8) is 0 Å². The molecule has 1 N–H and O–H groups in total. The lowest BCUT2D eigenvalue weighted by atomic mass is 11.3. The van der Waals surface area contributed by atoms with Crippen molar-refractivity contribution in [1.82, 2.24) is 4.67 Å². The second kappa shape index (κ2) is 2.24. The van der Waals surface area contributed by atoms with E-state index in [1.165, 1.54) is 4.67 Å². The highest BCUT2D eigenvalue weighted by Crippen LogP contribution is 2.13. The van der Waals surface area contributed by atoms with E-state index in [2.05, 4.69) is 0 Å². The fourth-order valence-electron chi connectivity index (χ4n) is 0. The van der Waals surface area contributed by atoms with Gasteiger partial charge < -0.3 is 4.89 Å². The van der Waals surface area contributed by atoms with Gasteiger partial charge in [0.1, 0.15) is 0 Å². The van der Waals surface area contributed by atoms with Crippen LogP contribution in [0.1, 0.15) is 0 Å². The van der Waals surface area contributed by atoms with Gasteiger partial charge in [0, 0.05) is 0 Å². The molecule has 0 bridgehead atoms. The molecule has 0 aromatic carbocycles. The van der Waals surface area contributed by atoms with E-state index < -0.39 is 8.18 Å². The van der Waals surface area contributed by atoms with E-state index in [0.717, 1.165) is 0 Å². The van der Waals surface area contributed by atoms with Crippen molar-refractivity contribution in [3.05, 3.63) is 0 Å². The van der Waals surface area contributed by atoms with Crippen molar-refractivity contribution in [2.45, 2.75) is 0 Å². The normalized spacial score (nSPS) is 12.3. The molecule has 0 fully saturated rings. The van der Waals surface area contributed by atoms with Crippen molar-refractivity contribution < 1.29 is 9.46 Å². The summed E-state index contributed by atoms with van der Waals surface area (Å²) in [6.45, 7) is 0. The van der Waals surface area contributed by atoms with Gasteiger partial charge in [-0.2, -0.15) is 0 Å². The van der Waals surface area contributed by atoms with Gasteiger partial charge in [-0.25, -0.2) is 9.24 Å². The second-order valence-corrected chi connectivity index (χ2v) is 2.41. The number of hydrogen-bond acceptors (Lipinski definition) is 1. The molecule has 3 nitrogen and oxygen atoms in total. The molecule has 1 radical (unpaired) electrons. The fraction of sp³-hybridized carbons (Fsp3) is 1.00. The molecule has 1 atom stereocenters. The minimum absolute atomic E-state index is 1.23. The molecule has 6 heavy (non-hydrogen) atoms. The van der Waals surface area contributed by atoms with Crippen molar-refractivity contribution >= 4 is 8.18 Å². The lowest BCUT2D eigenvalue weighted by molar-refractivity contribution is 0.440. The molecule has 0 saturated carbocycles. The van der Waals surface area contributed by atoms with E-state index in [9.17, 15) is 4.57 Å². The Hall–Kier alpha value is 0.0200. The molecule has 0 aliphatic carbocycles. The van der Waals surface area contributed by atoms with Crippen LogP contribution in [0, 0.1) is 0 Å². The van der Waals surface area contributed by atoms with Crippen molar-refractivity contribution in [3.8, 4) is 0 Å². The van der Waals surface area contributed by atoms with Gasteiger partial charge >= 0.3 is 0 Å². The highest BCUT2D eigenvalue weighted by molar-refractivity contribution is 7.35. The zero-order valence-corrected chi connectivity index (χ0v) is 4.64. The van der Waals surface area contributed by atoms with Crippen LogP contribution in [0.3, 0.4) is 0 Å². The monoisotopic (exact) mass is 108 g/mol. The third-order valence-corrected chi connectivity index (χ3v) is 1.03. The molecule has 4 heteroatoms. The van der Waals surface area contributed by atoms with E-state index in [1.54, 1.807) is 14.1 Å². The van der Waals surface area contributed by atoms with Crippen LogP contribution in [0.2, 0.25) is 0 Å². The van der Waals surface area contributed by atoms with Crippen molar-refractivity contribution in [2.24, 2.45) is 0 Å². The summed E-state index contributed by atoms with van der Waals surface area (Å²) in [6, 6.07) is 0. The summed E-state index contributed by atoms with van der Waals surface area (Å²) in [6.07, 6.45) is 0. The van der Waals surface area contributed by atoms with Crippen molar-refractivity contribution in [1.29, 1.82) is 0 Å². The zero-order chi connectivity index (χ0) is 5.15. The number of rotatable bonds is 1. The van der Waals surface area contributed by atoms with Gasteiger partial charge in [0.05, 0.1) is 0 Å². The molecule has 1 unspecified atom stereocenters. The standard InChI is InChI=1S/C2H7NO2P/c1-3(2)6(4)5/h1-2H3,(H,4,5). The number of nitrogens with zero attached hydrogens (tertiary/aromatic N) is 1. The van der Waals surface area contributed by atoms with Crippen LogP contribution >= 0.6 is 8.18 Å². The Morgan fingerprint density at radius 3 is 1.83 bits per heavy atom. The Kier molecular flexibility index (Phi) is 2.25. The molecular weight excluding hydrogens is 101 g/mol. The molecular formula is C2H7NO2P. The first kappa shape index (κ1) is 6.02. The smallest absolute Gasteiger partial charge is 0.294 e. The predicted octanol–water partition coefficient (Wildman–Crippen LogP) is 0.198. The summed E-state index contributed by atoms with van der Waals surface area (Å²) in [4.78, 5) is 8.06. The maximum atomic E-state index is 9.77. The minimum Gasteiger partial charge on any atom is -0.308 e. The van der Waals surface area contributed by atoms with E-state index in [-0.39, 0.29) is 0 Å². The fourth-order valence-corrected chi connectivity index (χ4v) is 0. The lowest BCUT2D eigenvalue weighted by Gasteiger charge is -1.96. The summed E-state index contributed by atoms with van der Waals surface area (Å²) in [7, 11) is 1.00. The Balaban J connectivity index is 3.26. The Bertz CT molecular complexity index is 62.6. The lowest BCUT2D eigenvalue weighted by Crippen LogP contribution is -1.96. The average Bonchev–Trinajstić information content (AvgIpc) is 1.36. The Labute approximate surface area is 37.5 Å². The molecule has 37 valence electrons. The summed E-state index contributed by atoms with van der Waals surface area (Å²) in [5, 5.41) is 0. The van der Waals surface area contributed by atoms with E-state index in [4.69, 9.17) is 4.89 Å². The first-order valence-corrected chi connectivity index (χ1v) is 2.64. The first-order valence-electron chi connectivity index (χ1n) is 1.48. The van der Waals surface area contributed by atoms with Crippen LogP contribution in [0.25, 0.3) is 0 Å². The zero-order valence-electron chi connectivity index (χ0n) is 3.75. The van der Waals surface area contributed by atoms with Crippen LogP contribution in [0.5, 0.6) is 0 Å². The van der Waals surface area contributed by atoms with Gasteiger partial charge in [-0.1, -0.05) is 0 Å². The largest absolute Gasteiger partial charge is 0.308 e. The van der Waals surface area contributed by atoms with Crippen LogP contribution in [-0.2, 0) is 4.57 Å². The SMILES string of the molecule is CN(C)[P](=O)O. The summed E-state index contributed by atoms with van der Waals surface area (Å²) in [5.74, 6) is 0. The molecule has 0 aromatic rings. The Morgan fingerprint density at radius 1 is 1.67 bits per heavy atom. The number of hydrogen-bond donors (Lipinski definition) is 1. The van der Waals surface area contributed by atoms with Gasteiger partial charge in [-0.15, -0.1) is 0 Å². The van der Waals surface area contributed by atoms with Crippen LogP contribution < -0.4 is 0 Å². The minimum atomic E-state index is -2.08. The van der Waals surface area contributed by atoms with E-state index >= 15 is 0 Å². The van der Waals surface area contributed by atoms with Gasteiger partial charge in [-0.3, -0.25) is 0 Å². The summed E-state index contributed by atoms with van der Waals surface area (Å²) in [5.41, 5.74) is 0. The third-order valence-electron chi connectivity index (χ3n) is 0.342. The predicted molar refractivity (Wildman–Crippen MR) is 23.5 cm³/mol. The molecule has 0 saturated heterocycles. The van der Waals surface area contributed by atoms with Gasteiger partial charge in [0.15, 0.2) is 0 Å². The van der Waals surface area contributed by atoms with Gasteiger partial charge in [0.2, 0.25) is 0 Å². The second-order valence-electron chi connectivity index (χ2n) is 1.10. The summed E-state index contributed by atoms with van der Waals surface area (Å²) >= 11 is 0. The summed E-state index contributed by atoms with van der Waals surface area (Å²) < 4.78 is 11.0. The van der Waals surface area contributed by atoms with Crippen LogP contribution in [-0.4, -0.2) is 23.7 Å². The molecule has 0 aliphatic heterocycles. The van der Waals surface area contributed by atoms with Gasteiger partial charge in [-0.05, 0) is 14.1 Å². The topological polar surface area (TPSA) is 40.5 Å².